The number of likely N-dealkylation sites (tertiary alicyclic amines) is 1. The van der Waals surface area contributed by atoms with E-state index in [4.69, 9.17) is 0 Å². The Balaban J connectivity index is 2.40. The number of carbonyl (C=O) groups excluding carboxylic acids is 1. The Morgan fingerprint density at radius 3 is 2.60 bits per heavy atom. The Hall–Kier alpha value is -0.870. The SMILES string of the molecule is CS(=O)(=O)NC1CCCN(C(=O)CNCC(F)(F)F)C1. The number of amides is 1. The van der Waals surface area contributed by atoms with Gasteiger partial charge in [-0.2, -0.15) is 13.2 Å². The Kier molecular flexibility index (Phi) is 5.78. The largest absolute Gasteiger partial charge is 0.401 e. The molecule has 0 aromatic carbocycles. The van der Waals surface area contributed by atoms with Crippen LogP contribution in [0.4, 0.5) is 13.2 Å². The summed E-state index contributed by atoms with van der Waals surface area (Å²) >= 11 is 0. The Morgan fingerprint density at radius 2 is 2.05 bits per heavy atom. The molecular weight excluding hydrogens is 299 g/mol. The zero-order valence-corrected chi connectivity index (χ0v) is 11.9. The van der Waals surface area contributed by atoms with Crippen LogP contribution in [0.5, 0.6) is 0 Å². The summed E-state index contributed by atoms with van der Waals surface area (Å²) in [7, 11) is -3.36. The van der Waals surface area contributed by atoms with Crippen molar-refractivity contribution in [2.24, 2.45) is 0 Å². The molecule has 1 saturated heterocycles. The summed E-state index contributed by atoms with van der Waals surface area (Å²) in [6.07, 6.45) is -2.12. The van der Waals surface area contributed by atoms with Crippen molar-refractivity contribution in [3.63, 3.8) is 0 Å². The highest BCUT2D eigenvalue weighted by atomic mass is 32.2. The van der Waals surface area contributed by atoms with Gasteiger partial charge >= 0.3 is 6.18 Å². The van der Waals surface area contributed by atoms with Gasteiger partial charge in [-0.25, -0.2) is 13.1 Å². The zero-order chi connectivity index (χ0) is 15.4. The molecule has 6 nitrogen and oxygen atoms in total. The lowest BCUT2D eigenvalue weighted by Crippen LogP contribution is -2.51. The van der Waals surface area contributed by atoms with Gasteiger partial charge in [0.05, 0.1) is 19.3 Å². The first-order chi connectivity index (χ1) is 9.07. The second kappa shape index (κ2) is 6.72. The van der Waals surface area contributed by atoms with Gasteiger partial charge in [-0.3, -0.25) is 4.79 Å². The fourth-order valence-corrected chi connectivity index (χ4v) is 2.82. The van der Waals surface area contributed by atoms with Crippen molar-refractivity contribution in [2.75, 3.05) is 32.4 Å². The summed E-state index contributed by atoms with van der Waals surface area (Å²) < 4.78 is 60.4. The third-order valence-corrected chi connectivity index (χ3v) is 3.52. The maximum absolute atomic E-state index is 11.9. The number of carbonyl (C=O) groups is 1. The first kappa shape index (κ1) is 17.2. The van der Waals surface area contributed by atoms with Crippen molar-refractivity contribution in [1.29, 1.82) is 0 Å². The van der Waals surface area contributed by atoms with Gasteiger partial charge in [0.2, 0.25) is 15.9 Å². The van der Waals surface area contributed by atoms with Crippen LogP contribution in [-0.2, 0) is 14.8 Å². The fourth-order valence-electron chi connectivity index (χ4n) is 2.03. The maximum Gasteiger partial charge on any atom is 0.401 e. The van der Waals surface area contributed by atoms with E-state index < -0.39 is 35.2 Å². The molecule has 0 saturated carbocycles. The van der Waals surface area contributed by atoms with Crippen LogP contribution in [0.3, 0.4) is 0 Å². The standard InChI is InChI=1S/C10H18F3N3O3S/c1-20(18,19)15-8-3-2-4-16(6-8)9(17)5-14-7-10(11,12)13/h8,14-15H,2-7H2,1H3. The van der Waals surface area contributed by atoms with Crippen molar-refractivity contribution >= 4 is 15.9 Å². The number of halogens is 3. The van der Waals surface area contributed by atoms with Gasteiger partial charge in [0.15, 0.2) is 0 Å². The average molecular weight is 317 g/mol. The van der Waals surface area contributed by atoms with Gasteiger partial charge in [0, 0.05) is 19.1 Å². The summed E-state index contributed by atoms with van der Waals surface area (Å²) in [6, 6.07) is -0.384. The molecule has 118 valence electrons. The summed E-state index contributed by atoms with van der Waals surface area (Å²) in [5, 5.41) is 2.03. The van der Waals surface area contributed by atoms with E-state index in [0.29, 0.717) is 19.4 Å². The van der Waals surface area contributed by atoms with Crippen LogP contribution in [0.25, 0.3) is 0 Å². The van der Waals surface area contributed by atoms with Crippen molar-refractivity contribution in [3.8, 4) is 0 Å². The molecule has 0 radical (unpaired) electrons. The van der Waals surface area contributed by atoms with Crippen LogP contribution in [-0.4, -0.2) is 63.9 Å². The quantitative estimate of drug-likeness (QED) is 0.728. The molecule has 10 heteroatoms. The predicted octanol–water partition coefficient (Wildman–Crippen LogP) is -0.321. The lowest BCUT2D eigenvalue weighted by atomic mass is 10.1. The Bertz CT molecular complexity index is 439. The highest BCUT2D eigenvalue weighted by Gasteiger charge is 2.28. The van der Waals surface area contributed by atoms with E-state index in [1.165, 1.54) is 4.90 Å². The number of nitrogens with zero attached hydrogens (tertiary/aromatic N) is 1. The summed E-state index contributed by atoms with van der Waals surface area (Å²) in [5.74, 6) is -0.464. The van der Waals surface area contributed by atoms with Crippen LogP contribution < -0.4 is 10.0 Å². The highest BCUT2D eigenvalue weighted by molar-refractivity contribution is 7.88. The smallest absolute Gasteiger partial charge is 0.340 e. The van der Waals surface area contributed by atoms with Crippen molar-refractivity contribution in [2.45, 2.75) is 25.1 Å². The molecule has 2 N–H and O–H groups in total. The van der Waals surface area contributed by atoms with E-state index in [2.05, 4.69) is 4.72 Å². The Morgan fingerprint density at radius 1 is 1.40 bits per heavy atom. The van der Waals surface area contributed by atoms with Crippen LogP contribution in [0, 0.1) is 0 Å². The minimum absolute atomic E-state index is 0.180. The molecule has 0 aliphatic carbocycles. The number of hydrogen-bond acceptors (Lipinski definition) is 4. The van der Waals surface area contributed by atoms with E-state index in [-0.39, 0.29) is 12.6 Å². The van der Waals surface area contributed by atoms with Gasteiger partial charge in [-0.1, -0.05) is 0 Å². The predicted molar refractivity (Wildman–Crippen MR) is 66.5 cm³/mol. The Labute approximate surface area is 115 Å². The number of hydrogen-bond donors (Lipinski definition) is 2. The minimum Gasteiger partial charge on any atom is -0.340 e. The number of piperidine rings is 1. The molecule has 20 heavy (non-hydrogen) atoms. The van der Waals surface area contributed by atoms with E-state index in [1.54, 1.807) is 0 Å². The highest BCUT2D eigenvalue weighted by Crippen LogP contribution is 2.13. The zero-order valence-electron chi connectivity index (χ0n) is 11.0. The van der Waals surface area contributed by atoms with E-state index in [9.17, 15) is 26.4 Å². The minimum atomic E-state index is -4.36. The summed E-state index contributed by atoms with van der Waals surface area (Å²) in [4.78, 5) is 13.1. The third-order valence-electron chi connectivity index (χ3n) is 2.76. The van der Waals surface area contributed by atoms with E-state index >= 15 is 0 Å². The number of rotatable bonds is 5. The van der Waals surface area contributed by atoms with Gasteiger partial charge in [-0.15, -0.1) is 0 Å². The van der Waals surface area contributed by atoms with Crippen LogP contribution in [0.1, 0.15) is 12.8 Å². The molecule has 0 bridgehead atoms. The first-order valence-corrected chi connectivity index (χ1v) is 7.98. The van der Waals surface area contributed by atoms with Crippen molar-refractivity contribution in [1.82, 2.24) is 14.9 Å². The van der Waals surface area contributed by atoms with Gasteiger partial charge in [0.1, 0.15) is 0 Å². The van der Waals surface area contributed by atoms with Crippen molar-refractivity contribution < 1.29 is 26.4 Å². The lowest BCUT2D eigenvalue weighted by Gasteiger charge is -2.32. The van der Waals surface area contributed by atoms with E-state index in [0.717, 1.165) is 6.26 Å². The molecular formula is C10H18F3N3O3S. The lowest BCUT2D eigenvalue weighted by molar-refractivity contribution is -0.135. The van der Waals surface area contributed by atoms with Gasteiger partial charge < -0.3 is 10.2 Å². The molecule has 0 aromatic rings. The van der Waals surface area contributed by atoms with Crippen molar-refractivity contribution in [3.05, 3.63) is 0 Å². The van der Waals surface area contributed by atoms with Crippen LogP contribution in [0.15, 0.2) is 0 Å². The molecule has 1 aliphatic heterocycles. The van der Waals surface area contributed by atoms with Crippen LogP contribution >= 0.6 is 0 Å². The third kappa shape index (κ3) is 7.06. The molecule has 0 aromatic heterocycles. The molecule has 1 fully saturated rings. The molecule has 1 rings (SSSR count). The second-order valence-corrected chi connectivity index (χ2v) is 6.57. The molecule has 1 aliphatic rings. The molecule has 0 spiro atoms. The number of sulfonamides is 1. The molecule has 1 heterocycles. The summed E-state index contributed by atoms with van der Waals surface area (Å²) in [5.41, 5.74) is 0. The van der Waals surface area contributed by atoms with Gasteiger partial charge in [-0.05, 0) is 12.8 Å². The molecule has 1 atom stereocenters. The monoisotopic (exact) mass is 317 g/mol. The summed E-state index contributed by atoms with van der Waals surface area (Å²) in [6.45, 7) is -1.03. The fraction of sp³-hybridized carbons (Fsp3) is 0.900. The molecule has 1 amide bonds. The molecule has 1 unspecified atom stereocenters. The topological polar surface area (TPSA) is 78.5 Å². The van der Waals surface area contributed by atoms with Gasteiger partial charge in [0.25, 0.3) is 0 Å². The normalized spacial score (nSPS) is 21.0. The van der Waals surface area contributed by atoms with Crippen LogP contribution in [0.2, 0.25) is 0 Å². The van der Waals surface area contributed by atoms with E-state index in [1.807, 2.05) is 5.32 Å². The second-order valence-electron chi connectivity index (χ2n) is 4.79. The maximum atomic E-state index is 11.9. The first-order valence-electron chi connectivity index (χ1n) is 6.09. The number of nitrogens with one attached hydrogen (secondary N) is 2. The number of alkyl halides is 3. The average Bonchev–Trinajstić information content (AvgIpc) is 2.25.